The van der Waals surface area contributed by atoms with E-state index in [1.54, 1.807) is 12.5 Å². The van der Waals surface area contributed by atoms with Crippen molar-refractivity contribution in [3.8, 4) is 0 Å². The van der Waals surface area contributed by atoms with Crippen LogP contribution >= 0.6 is 0 Å². The SMILES string of the molecule is C(/C=C/c1ccco1)=C\c1ccccn1. The van der Waals surface area contributed by atoms with Crippen molar-refractivity contribution in [1.82, 2.24) is 4.98 Å². The van der Waals surface area contributed by atoms with Crippen molar-refractivity contribution in [3.63, 3.8) is 0 Å². The maximum absolute atomic E-state index is 5.15. The fourth-order valence-corrected chi connectivity index (χ4v) is 1.17. The summed E-state index contributed by atoms with van der Waals surface area (Å²) in [4.78, 5) is 4.17. The number of aromatic nitrogens is 1. The number of nitrogens with zero attached hydrogens (tertiary/aromatic N) is 1. The highest BCUT2D eigenvalue weighted by Gasteiger charge is 1.85. The lowest BCUT2D eigenvalue weighted by Gasteiger charge is -1.87. The Bertz CT molecular complexity index is 441. The molecule has 0 atom stereocenters. The summed E-state index contributed by atoms with van der Waals surface area (Å²) in [7, 11) is 0. The first-order valence-corrected chi connectivity index (χ1v) is 4.74. The van der Waals surface area contributed by atoms with Crippen LogP contribution in [0.2, 0.25) is 0 Å². The van der Waals surface area contributed by atoms with Crippen molar-refractivity contribution in [2.45, 2.75) is 0 Å². The van der Waals surface area contributed by atoms with Gasteiger partial charge in [-0.25, -0.2) is 0 Å². The first-order valence-electron chi connectivity index (χ1n) is 4.74. The smallest absolute Gasteiger partial charge is 0.126 e. The van der Waals surface area contributed by atoms with Crippen molar-refractivity contribution in [2.75, 3.05) is 0 Å². The Morgan fingerprint density at radius 1 is 1.00 bits per heavy atom. The van der Waals surface area contributed by atoms with Crippen LogP contribution in [0.4, 0.5) is 0 Å². The second-order valence-electron chi connectivity index (χ2n) is 2.99. The highest BCUT2D eigenvalue weighted by molar-refractivity contribution is 5.52. The summed E-state index contributed by atoms with van der Waals surface area (Å²) < 4.78 is 5.15. The van der Waals surface area contributed by atoms with Crippen LogP contribution in [0.5, 0.6) is 0 Å². The molecule has 15 heavy (non-hydrogen) atoms. The van der Waals surface area contributed by atoms with E-state index in [2.05, 4.69) is 4.98 Å². The van der Waals surface area contributed by atoms with Gasteiger partial charge in [0, 0.05) is 6.20 Å². The molecule has 0 fully saturated rings. The van der Waals surface area contributed by atoms with Crippen LogP contribution in [-0.4, -0.2) is 4.98 Å². The molecule has 2 aromatic rings. The molecule has 0 aliphatic heterocycles. The molecule has 0 aliphatic rings. The van der Waals surface area contributed by atoms with Crippen LogP contribution in [0.3, 0.4) is 0 Å². The molecule has 0 saturated carbocycles. The van der Waals surface area contributed by atoms with E-state index >= 15 is 0 Å². The van der Waals surface area contributed by atoms with Crippen LogP contribution in [-0.2, 0) is 0 Å². The molecule has 0 bridgehead atoms. The summed E-state index contributed by atoms with van der Waals surface area (Å²) in [5.41, 5.74) is 0.946. The molecule has 0 N–H and O–H groups in total. The molecule has 0 spiro atoms. The minimum Gasteiger partial charge on any atom is -0.465 e. The average molecular weight is 197 g/mol. The van der Waals surface area contributed by atoms with Gasteiger partial charge in [-0.15, -0.1) is 0 Å². The van der Waals surface area contributed by atoms with Crippen LogP contribution < -0.4 is 0 Å². The summed E-state index contributed by atoms with van der Waals surface area (Å²) in [6.07, 6.45) is 11.1. The van der Waals surface area contributed by atoms with Gasteiger partial charge in [0.2, 0.25) is 0 Å². The van der Waals surface area contributed by atoms with Crippen LogP contribution in [0.1, 0.15) is 11.5 Å². The molecular formula is C13H11NO. The van der Waals surface area contributed by atoms with Gasteiger partial charge in [0.05, 0.1) is 12.0 Å². The van der Waals surface area contributed by atoms with Crippen LogP contribution in [0.15, 0.2) is 59.4 Å². The van der Waals surface area contributed by atoms with Crippen molar-refractivity contribution in [1.29, 1.82) is 0 Å². The number of furan rings is 1. The van der Waals surface area contributed by atoms with Gasteiger partial charge in [0.1, 0.15) is 5.76 Å². The topological polar surface area (TPSA) is 26.0 Å². The van der Waals surface area contributed by atoms with Gasteiger partial charge >= 0.3 is 0 Å². The normalized spacial score (nSPS) is 11.5. The molecule has 2 aromatic heterocycles. The number of rotatable bonds is 3. The molecule has 2 rings (SSSR count). The predicted molar refractivity (Wildman–Crippen MR) is 61.0 cm³/mol. The monoisotopic (exact) mass is 197 g/mol. The highest BCUT2D eigenvalue weighted by atomic mass is 16.3. The maximum atomic E-state index is 5.15. The summed E-state index contributed by atoms with van der Waals surface area (Å²) in [6, 6.07) is 9.59. The second kappa shape index (κ2) is 4.96. The molecule has 2 heteroatoms. The van der Waals surface area contributed by atoms with Crippen molar-refractivity contribution >= 4 is 12.2 Å². The van der Waals surface area contributed by atoms with Gasteiger partial charge in [-0.2, -0.15) is 0 Å². The van der Waals surface area contributed by atoms with Crippen molar-refractivity contribution < 1.29 is 4.42 Å². The maximum Gasteiger partial charge on any atom is 0.126 e. The fourth-order valence-electron chi connectivity index (χ4n) is 1.17. The lowest BCUT2D eigenvalue weighted by Crippen LogP contribution is -1.74. The van der Waals surface area contributed by atoms with Crippen LogP contribution in [0.25, 0.3) is 12.2 Å². The van der Waals surface area contributed by atoms with Crippen molar-refractivity contribution in [2.24, 2.45) is 0 Å². The standard InChI is InChI=1S/C13H11NO/c1(2-8-13-9-5-11-15-13)6-12-7-3-4-10-14-12/h1-11H/b6-1+,8-2+. The van der Waals surface area contributed by atoms with Gasteiger partial charge in [0.25, 0.3) is 0 Å². The predicted octanol–water partition coefficient (Wildman–Crippen LogP) is 3.40. The Morgan fingerprint density at radius 2 is 1.93 bits per heavy atom. The third kappa shape index (κ3) is 2.95. The quantitative estimate of drug-likeness (QED) is 0.705. The van der Waals surface area contributed by atoms with E-state index in [0.29, 0.717) is 0 Å². The number of pyridine rings is 1. The zero-order valence-corrected chi connectivity index (χ0v) is 8.21. The Kier molecular flexibility index (Phi) is 3.13. The third-order valence-corrected chi connectivity index (χ3v) is 1.87. The summed E-state index contributed by atoms with van der Waals surface area (Å²) in [5, 5.41) is 0. The van der Waals surface area contributed by atoms with Gasteiger partial charge < -0.3 is 4.42 Å². The molecule has 2 heterocycles. The molecule has 0 aromatic carbocycles. The first kappa shape index (κ1) is 9.46. The number of hydrogen-bond acceptors (Lipinski definition) is 2. The third-order valence-electron chi connectivity index (χ3n) is 1.87. The van der Waals surface area contributed by atoms with Crippen LogP contribution in [0, 0.1) is 0 Å². The van der Waals surface area contributed by atoms with E-state index in [1.165, 1.54) is 0 Å². The van der Waals surface area contributed by atoms with E-state index in [-0.39, 0.29) is 0 Å². The average Bonchev–Trinajstić information content (AvgIpc) is 2.79. The van der Waals surface area contributed by atoms with E-state index in [9.17, 15) is 0 Å². The largest absolute Gasteiger partial charge is 0.465 e. The molecular weight excluding hydrogens is 186 g/mol. The fraction of sp³-hybridized carbons (Fsp3) is 0. The molecule has 0 saturated heterocycles. The van der Waals surface area contributed by atoms with E-state index < -0.39 is 0 Å². The Morgan fingerprint density at radius 3 is 2.67 bits per heavy atom. The van der Waals surface area contributed by atoms with Gasteiger partial charge in [-0.3, -0.25) is 4.98 Å². The first-order chi connectivity index (χ1) is 7.45. The molecule has 74 valence electrons. The Balaban J connectivity index is 1.96. The highest BCUT2D eigenvalue weighted by Crippen LogP contribution is 2.03. The summed E-state index contributed by atoms with van der Waals surface area (Å²) in [5.74, 6) is 0.848. The Labute approximate surface area is 88.6 Å². The van der Waals surface area contributed by atoms with Gasteiger partial charge in [-0.1, -0.05) is 18.2 Å². The summed E-state index contributed by atoms with van der Waals surface area (Å²) >= 11 is 0. The Hall–Kier alpha value is -2.09. The minimum absolute atomic E-state index is 0.848. The molecule has 0 unspecified atom stereocenters. The molecule has 0 radical (unpaired) electrons. The number of hydrogen-bond donors (Lipinski definition) is 0. The molecule has 0 aliphatic carbocycles. The zero-order chi connectivity index (χ0) is 10.3. The zero-order valence-electron chi connectivity index (χ0n) is 8.21. The summed E-state index contributed by atoms with van der Waals surface area (Å²) in [6.45, 7) is 0. The lowest BCUT2D eigenvalue weighted by atomic mass is 10.3. The number of allylic oxidation sites excluding steroid dienone is 2. The van der Waals surface area contributed by atoms with E-state index in [1.807, 2.05) is 54.6 Å². The van der Waals surface area contributed by atoms with Crippen molar-refractivity contribution in [3.05, 3.63) is 66.4 Å². The molecule has 0 amide bonds. The lowest BCUT2D eigenvalue weighted by molar-refractivity contribution is 0.557. The van der Waals surface area contributed by atoms with Gasteiger partial charge in [0.15, 0.2) is 0 Å². The minimum atomic E-state index is 0.848. The van der Waals surface area contributed by atoms with E-state index in [4.69, 9.17) is 4.42 Å². The van der Waals surface area contributed by atoms with E-state index in [0.717, 1.165) is 11.5 Å². The van der Waals surface area contributed by atoms with Gasteiger partial charge in [-0.05, 0) is 36.4 Å². The molecule has 2 nitrogen and oxygen atoms in total. The second-order valence-corrected chi connectivity index (χ2v) is 2.99.